The first-order valence-corrected chi connectivity index (χ1v) is 8.66. The van der Waals surface area contributed by atoms with Gasteiger partial charge in [0.05, 0.1) is 18.4 Å². The molecule has 0 unspecified atom stereocenters. The highest BCUT2D eigenvalue weighted by molar-refractivity contribution is 5.89. The Morgan fingerprint density at radius 2 is 1.89 bits per heavy atom. The molecule has 27 heavy (non-hydrogen) atoms. The van der Waals surface area contributed by atoms with Crippen LogP contribution < -0.4 is 10.9 Å². The van der Waals surface area contributed by atoms with Crippen molar-refractivity contribution in [2.45, 2.75) is 20.4 Å². The number of carbonyl (C=O) groups is 1. The van der Waals surface area contributed by atoms with Crippen LogP contribution in [0.2, 0.25) is 0 Å². The molecular weight excluding hydrogens is 342 g/mol. The second-order valence-corrected chi connectivity index (χ2v) is 6.13. The van der Waals surface area contributed by atoms with E-state index in [4.69, 9.17) is 4.74 Å². The minimum Gasteiger partial charge on any atom is -0.465 e. The Bertz CT molecular complexity index is 1020. The second-order valence-electron chi connectivity index (χ2n) is 6.13. The maximum atomic E-state index is 12.6. The third kappa shape index (κ3) is 4.06. The number of hydrogen-bond acceptors (Lipinski definition) is 5. The third-order valence-corrected chi connectivity index (χ3v) is 4.17. The predicted molar refractivity (Wildman–Crippen MR) is 105 cm³/mol. The van der Waals surface area contributed by atoms with Crippen LogP contribution in [0.25, 0.3) is 11.3 Å². The van der Waals surface area contributed by atoms with Crippen LogP contribution in [0.3, 0.4) is 0 Å². The van der Waals surface area contributed by atoms with Gasteiger partial charge in [0.15, 0.2) is 0 Å². The highest BCUT2D eigenvalue weighted by atomic mass is 16.5. The Balaban J connectivity index is 1.98. The van der Waals surface area contributed by atoms with Crippen molar-refractivity contribution in [3.8, 4) is 11.3 Å². The minimum absolute atomic E-state index is 0.203. The normalized spacial score (nSPS) is 10.5. The predicted octanol–water partition coefficient (Wildman–Crippen LogP) is 3.77. The van der Waals surface area contributed by atoms with Gasteiger partial charge in [-0.05, 0) is 50.2 Å². The molecule has 0 aliphatic heterocycles. The van der Waals surface area contributed by atoms with Crippen molar-refractivity contribution in [2.24, 2.45) is 0 Å². The molecule has 6 nitrogen and oxygen atoms in total. The monoisotopic (exact) mass is 363 g/mol. The third-order valence-electron chi connectivity index (χ3n) is 4.17. The number of methoxy groups -OCH3 is 1. The number of carbonyl (C=O) groups excluding carboxylic acids is 1. The summed E-state index contributed by atoms with van der Waals surface area (Å²) in [6, 6.07) is 16.5. The van der Waals surface area contributed by atoms with Gasteiger partial charge in [-0.2, -0.15) is 5.10 Å². The molecule has 3 aromatic rings. The number of ether oxygens (including phenoxy) is 1. The molecule has 0 fully saturated rings. The first kappa shape index (κ1) is 18.4. The highest BCUT2D eigenvalue weighted by Crippen LogP contribution is 2.21. The molecule has 6 heteroatoms. The van der Waals surface area contributed by atoms with E-state index in [-0.39, 0.29) is 5.56 Å². The van der Waals surface area contributed by atoms with E-state index >= 15 is 0 Å². The molecule has 138 valence electrons. The molecular formula is C21H21N3O3. The Kier molecular flexibility index (Phi) is 5.35. The van der Waals surface area contributed by atoms with Crippen LogP contribution in [0.1, 0.15) is 22.8 Å². The van der Waals surface area contributed by atoms with Crippen molar-refractivity contribution in [3.05, 3.63) is 76.1 Å². The average Bonchev–Trinajstić information content (AvgIpc) is 2.69. The summed E-state index contributed by atoms with van der Waals surface area (Å²) in [7, 11) is 1.34. The number of aryl methyl sites for hydroxylation is 2. The molecule has 1 aromatic heterocycles. The van der Waals surface area contributed by atoms with Crippen molar-refractivity contribution in [2.75, 3.05) is 12.4 Å². The van der Waals surface area contributed by atoms with Gasteiger partial charge in [0.2, 0.25) is 0 Å². The molecule has 3 rings (SSSR count). The Morgan fingerprint density at radius 3 is 2.52 bits per heavy atom. The van der Waals surface area contributed by atoms with E-state index in [1.165, 1.54) is 11.8 Å². The fourth-order valence-electron chi connectivity index (χ4n) is 2.75. The molecule has 0 saturated carbocycles. The molecule has 2 aromatic carbocycles. The second kappa shape index (κ2) is 7.86. The van der Waals surface area contributed by atoms with E-state index in [1.807, 2.05) is 38.1 Å². The van der Waals surface area contributed by atoms with Crippen LogP contribution in [0, 0.1) is 6.92 Å². The molecule has 0 radical (unpaired) electrons. The zero-order valence-electron chi connectivity index (χ0n) is 15.5. The number of nitrogens with zero attached hydrogens (tertiary/aromatic N) is 2. The smallest absolute Gasteiger partial charge is 0.337 e. The number of rotatable bonds is 5. The van der Waals surface area contributed by atoms with Crippen molar-refractivity contribution in [1.82, 2.24) is 9.78 Å². The van der Waals surface area contributed by atoms with Gasteiger partial charge >= 0.3 is 5.97 Å². The zero-order chi connectivity index (χ0) is 19.4. The Morgan fingerprint density at radius 1 is 1.15 bits per heavy atom. The Labute approximate surface area is 157 Å². The number of esters is 1. The van der Waals surface area contributed by atoms with Gasteiger partial charge in [-0.25, -0.2) is 9.48 Å². The van der Waals surface area contributed by atoms with E-state index in [1.54, 1.807) is 30.3 Å². The lowest BCUT2D eigenvalue weighted by Crippen LogP contribution is -2.24. The van der Waals surface area contributed by atoms with Crippen molar-refractivity contribution < 1.29 is 9.53 Å². The van der Waals surface area contributed by atoms with E-state index in [0.29, 0.717) is 29.2 Å². The van der Waals surface area contributed by atoms with Gasteiger partial charge in [-0.1, -0.05) is 23.8 Å². The summed E-state index contributed by atoms with van der Waals surface area (Å²) in [5.74, 6) is -0.402. The molecule has 0 bridgehead atoms. The fourth-order valence-corrected chi connectivity index (χ4v) is 2.75. The first-order chi connectivity index (χ1) is 13.0. The number of aromatic nitrogens is 2. The van der Waals surface area contributed by atoms with Crippen LogP contribution in [-0.2, 0) is 11.3 Å². The SMILES string of the molecule is CCn1nc(-c2cccc(C)c2)cc(Nc2ccc(C(=O)OC)cc2)c1=O. The summed E-state index contributed by atoms with van der Waals surface area (Å²) in [6.07, 6.45) is 0. The van der Waals surface area contributed by atoms with Gasteiger partial charge in [-0.3, -0.25) is 4.79 Å². The molecule has 0 spiro atoms. The fraction of sp³-hybridized carbons (Fsp3) is 0.190. The molecule has 0 saturated heterocycles. The van der Waals surface area contributed by atoms with Gasteiger partial charge in [-0.15, -0.1) is 0 Å². The van der Waals surface area contributed by atoms with Crippen molar-refractivity contribution in [1.29, 1.82) is 0 Å². The number of benzene rings is 2. The lowest BCUT2D eigenvalue weighted by molar-refractivity contribution is 0.0601. The van der Waals surface area contributed by atoms with E-state index in [9.17, 15) is 9.59 Å². The maximum Gasteiger partial charge on any atom is 0.337 e. The topological polar surface area (TPSA) is 73.2 Å². The van der Waals surface area contributed by atoms with E-state index < -0.39 is 5.97 Å². The van der Waals surface area contributed by atoms with Gasteiger partial charge in [0.25, 0.3) is 5.56 Å². The van der Waals surface area contributed by atoms with Crippen LogP contribution in [-0.4, -0.2) is 22.9 Å². The largest absolute Gasteiger partial charge is 0.465 e. The molecule has 0 atom stereocenters. The van der Waals surface area contributed by atoms with Gasteiger partial charge in [0, 0.05) is 17.8 Å². The van der Waals surface area contributed by atoms with E-state index in [0.717, 1.165) is 11.1 Å². The molecule has 0 aliphatic carbocycles. The van der Waals surface area contributed by atoms with Crippen molar-refractivity contribution in [3.63, 3.8) is 0 Å². The molecule has 1 heterocycles. The summed E-state index contributed by atoms with van der Waals surface area (Å²) in [5.41, 5.74) is 4.15. The lowest BCUT2D eigenvalue weighted by Gasteiger charge is -2.12. The van der Waals surface area contributed by atoms with Crippen LogP contribution >= 0.6 is 0 Å². The van der Waals surface area contributed by atoms with E-state index in [2.05, 4.69) is 10.4 Å². The molecule has 0 aliphatic rings. The molecule has 1 N–H and O–H groups in total. The quantitative estimate of drug-likeness (QED) is 0.699. The number of nitrogens with one attached hydrogen (secondary N) is 1. The van der Waals surface area contributed by atoms with Gasteiger partial charge in [0.1, 0.15) is 5.69 Å². The summed E-state index contributed by atoms with van der Waals surface area (Å²) < 4.78 is 6.13. The standard InChI is InChI=1S/C21H21N3O3/c1-4-24-20(25)19(13-18(23-24)16-7-5-6-14(2)12-16)22-17-10-8-15(9-11-17)21(26)27-3/h5-13,22H,4H2,1-3H3. The summed E-state index contributed by atoms with van der Waals surface area (Å²) in [4.78, 5) is 24.2. The maximum absolute atomic E-state index is 12.6. The van der Waals surface area contributed by atoms with Gasteiger partial charge < -0.3 is 10.1 Å². The number of hydrogen-bond donors (Lipinski definition) is 1. The molecule has 0 amide bonds. The summed E-state index contributed by atoms with van der Waals surface area (Å²) >= 11 is 0. The Hall–Kier alpha value is -3.41. The average molecular weight is 363 g/mol. The van der Waals surface area contributed by atoms with Crippen LogP contribution in [0.15, 0.2) is 59.4 Å². The van der Waals surface area contributed by atoms with Crippen molar-refractivity contribution >= 4 is 17.3 Å². The first-order valence-electron chi connectivity index (χ1n) is 8.66. The highest BCUT2D eigenvalue weighted by Gasteiger charge is 2.11. The van der Waals surface area contributed by atoms with Crippen LogP contribution in [0.4, 0.5) is 11.4 Å². The summed E-state index contributed by atoms with van der Waals surface area (Å²) in [5, 5.41) is 7.59. The summed E-state index contributed by atoms with van der Waals surface area (Å²) in [6.45, 7) is 4.36. The minimum atomic E-state index is -0.402. The number of anilines is 2. The zero-order valence-corrected chi connectivity index (χ0v) is 15.5. The van der Waals surface area contributed by atoms with Crippen LogP contribution in [0.5, 0.6) is 0 Å². The lowest BCUT2D eigenvalue weighted by atomic mass is 10.1.